The number of nitrogens with one attached hydrogen (secondary N) is 1. The van der Waals surface area contributed by atoms with Crippen LogP contribution in [0, 0.1) is 0 Å². The summed E-state index contributed by atoms with van der Waals surface area (Å²) in [7, 11) is -6.99. The Morgan fingerprint density at radius 3 is 2.18 bits per heavy atom. The lowest BCUT2D eigenvalue weighted by Crippen LogP contribution is -2.44. The van der Waals surface area contributed by atoms with E-state index in [0.29, 0.717) is 6.42 Å². The summed E-state index contributed by atoms with van der Waals surface area (Å²) in [5, 5.41) is 0. The average Bonchev–Trinajstić information content (AvgIpc) is 2.13. The molecular formula is C8H18N2O4S3. The minimum Gasteiger partial charge on any atom is -0.392 e. The number of sulfonamides is 1. The van der Waals surface area contributed by atoms with Crippen LogP contribution in [0.25, 0.3) is 0 Å². The van der Waals surface area contributed by atoms with E-state index in [-0.39, 0.29) is 4.99 Å². The first-order valence-corrected chi connectivity index (χ1v) is 9.16. The number of rotatable bonds is 8. The molecule has 0 aromatic heterocycles. The smallest absolute Gasteiger partial charge is 0.213 e. The zero-order chi connectivity index (χ0) is 13.7. The van der Waals surface area contributed by atoms with Crippen molar-refractivity contribution in [3.05, 3.63) is 0 Å². The van der Waals surface area contributed by atoms with Crippen molar-refractivity contribution < 1.29 is 16.8 Å². The minimum absolute atomic E-state index is 0.0646. The molecule has 0 bridgehead atoms. The van der Waals surface area contributed by atoms with Crippen LogP contribution < -0.4 is 10.5 Å². The van der Waals surface area contributed by atoms with Crippen LogP contribution >= 0.6 is 12.2 Å². The monoisotopic (exact) mass is 302 g/mol. The number of nitrogens with two attached hydrogens (primary N) is 1. The highest BCUT2D eigenvalue weighted by atomic mass is 32.2. The summed E-state index contributed by atoms with van der Waals surface area (Å²) in [6, 6.07) is -0.612. The van der Waals surface area contributed by atoms with E-state index in [1.54, 1.807) is 0 Å². The van der Waals surface area contributed by atoms with Gasteiger partial charge in [0.05, 0.1) is 22.5 Å². The van der Waals surface area contributed by atoms with Crippen molar-refractivity contribution in [3.8, 4) is 0 Å². The van der Waals surface area contributed by atoms with Gasteiger partial charge in [-0.15, -0.1) is 0 Å². The van der Waals surface area contributed by atoms with E-state index < -0.39 is 37.4 Å². The fourth-order valence-corrected chi connectivity index (χ4v) is 4.22. The second-order valence-corrected chi connectivity index (χ2v) is 8.41. The highest BCUT2D eigenvalue weighted by Gasteiger charge is 2.20. The molecule has 1 atom stereocenters. The maximum absolute atomic E-state index is 11.6. The van der Waals surface area contributed by atoms with E-state index in [1.807, 2.05) is 6.92 Å². The highest BCUT2D eigenvalue weighted by molar-refractivity contribution is 7.93. The van der Waals surface area contributed by atoms with Crippen molar-refractivity contribution in [2.24, 2.45) is 5.73 Å². The van der Waals surface area contributed by atoms with Gasteiger partial charge in [-0.3, -0.25) is 0 Å². The summed E-state index contributed by atoms with van der Waals surface area (Å²) < 4.78 is 47.2. The van der Waals surface area contributed by atoms with Crippen molar-refractivity contribution in [1.29, 1.82) is 0 Å². The fraction of sp³-hybridized carbons (Fsp3) is 0.875. The summed E-state index contributed by atoms with van der Waals surface area (Å²) in [6.45, 7) is 1.87. The third-order valence-electron chi connectivity index (χ3n) is 1.97. The molecule has 0 aliphatic heterocycles. The first kappa shape index (κ1) is 16.8. The second-order valence-electron chi connectivity index (χ2n) is 3.81. The maximum Gasteiger partial charge on any atom is 0.213 e. The highest BCUT2D eigenvalue weighted by Crippen LogP contribution is 2.00. The Morgan fingerprint density at radius 2 is 1.82 bits per heavy atom. The largest absolute Gasteiger partial charge is 0.392 e. The Hall–Kier alpha value is -0.250. The van der Waals surface area contributed by atoms with Crippen LogP contribution in [0.2, 0.25) is 0 Å². The molecule has 0 spiro atoms. The van der Waals surface area contributed by atoms with Gasteiger partial charge < -0.3 is 5.73 Å². The molecule has 0 aliphatic rings. The second kappa shape index (κ2) is 6.62. The van der Waals surface area contributed by atoms with Gasteiger partial charge in [0.2, 0.25) is 10.0 Å². The molecular weight excluding hydrogens is 284 g/mol. The summed E-state index contributed by atoms with van der Waals surface area (Å²) in [5.41, 5.74) is 5.40. The van der Waals surface area contributed by atoms with Crippen LogP contribution in [-0.2, 0) is 19.9 Å². The van der Waals surface area contributed by atoms with Crippen molar-refractivity contribution >= 4 is 37.1 Å². The van der Waals surface area contributed by atoms with Crippen LogP contribution in [0.15, 0.2) is 0 Å². The normalized spacial score (nSPS) is 14.5. The third kappa shape index (κ3) is 8.47. The van der Waals surface area contributed by atoms with Crippen molar-refractivity contribution in [1.82, 2.24) is 4.72 Å². The lowest BCUT2D eigenvalue weighted by Gasteiger charge is -2.16. The first-order chi connectivity index (χ1) is 7.57. The minimum atomic E-state index is -3.68. The SMILES string of the molecule is CCCC(NS(=O)(=O)CCS(C)(=O)=O)C(N)=S. The van der Waals surface area contributed by atoms with E-state index in [4.69, 9.17) is 18.0 Å². The van der Waals surface area contributed by atoms with Crippen molar-refractivity contribution in [3.63, 3.8) is 0 Å². The van der Waals surface area contributed by atoms with Gasteiger partial charge in [-0.05, 0) is 6.42 Å². The lowest BCUT2D eigenvalue weighted by molar-refractivity contribution is 0.566. The van der Waals surface area contributed by atoms with E-state index >= 15 is 0 Å². The van der Waals surface area contributed by atoms with Crippen LogP contribution in [0.4, 0.5) is 0 Å². The number of hydrogen-bond donors (Lipinski definition) is 2. The molecule has 3 N–H and O–H groups in total. The quantitative estimate of drug-likeness (QED) is 0.580. The maximum atomic E-state index is 11.6. The molecule has 17 heavy (non-hydrogen) atoms. The van der Waals surface area contributed by atoms with Crippen LogP contribution in [0.1, 0.15) is 19.8 Å². The molecule has 0 heterocycles. The number of hydrogen-bond acceptors (Lipinski definition) is 5. The van der Waals surface area contributed by atoms with Crippen molar-refractivity contribution in [2.75, 3.05) is 17.8 Å². The van der Waals surface area contributed by atoms with Crippen LogP contribution in [0.3, 0.4) is 0 Å². The fourth-order valence-electron chi connectivity index (χ4n) is 1.08. The zero-order valence-corrected chi connectivity index (χ0v) is 12.3. The van der Waals surface area contributed by atoms with Crippen molar-refractivity contribution in [2.45, 2.75) is 25.8 Å². The molecule has 0 aromatic carbocycles. The zero-order valence-electron chi connectivity index (χ0n) is 9.84. The molecule has 0 aromatic rings. The molecule has 0 aliphatic carbocycles. The number of sulfone groups is 1. The Kier molecular flexibility index (Phi) is 6.52. The van der Waals surface area contributed by atoms with E-state index in [0.717, 1.165) is 12.7 Å². The number of thiocarbonyl (C=S) groups is 1. The van der Waals surface area contributed by atoms with Gasteiger partial charge in [-0.2, -0.15) is 0 Å². The predicted molar refractivity (Wildman–Crippen MR) is 72.1 cm³/mol. The Morgan fingerprint density at radius 1 is 1.29 bits per heavy atom. The van der Waals surface area contributed by atoms with Gasteiger partial charge in [0.25, 0.3) is 0 Å². The third-order valence-corrected chi connectivity index (χ3v) is 4.84. The Bertz CT molecular complexity index is 455. The molecule has 6 nitrogen and oxygen atoms in total. The summed E-state index contributed by atoms with van der Waals surface area (Å²) >= 11 is 4.74. The van der Waals surface area contributed by atoms with Gasteiger partial charge >= 0.3 is 0 Å². The molecule has 9 heteroatoms. The van der Waals surface area contributed by atoms with Gasteiger partial charge in [-0.1, -0.05) is 25.6 Å². The summed E-state index contributed by atoms with van der Waals surface area (Å²) in [5.74, 6) is -0.896. The van der Waals surface area contributed by atoms with Gasteiger partial charge in [-0.25, -0.2) is 21.6 Å². The summed E-state index contributed by atoms with van der Waals surface area (Å²) in [4.78, 5) is 0.0646. The standard InChI is InChI=1S/C8H18N2O4S3/c1-3-4-7(8(9)15)10-17(13,14)6-5-16(2,11)12/h7,10H,3-6H2,1-2H3,(H2,9,15). The summed E-state index contributed by atoms with van der Waals surface area (Å²) in [6.07, 6.45) is 2.20. The van der Waals surface area contributed by atoms with Gasteiger partial charge in [0.15, 0.2) is 0 Å². The predicted octanol–water partition coefficient (Wildman–Crippen LogP) is -0.595. The molecule has 0 amide bonds. The average molecular weight is 302 g/mol. The molecule has 0 fully saturated rings. The lowest BCUT2D eigenvalue weighted by atomic mass is 10.2. The Labute approximate surface area is 108 Å². The molecule has 102 valence electrons. The molecule has 1 unspecified atom stereocenters. The van der Waals surface area contributed by atoms with Crippen LogP contribution in [-0.4, -0.2) is 45.6 Å². The molecule has 0 rings (SSSR count). The molecule has 0 saturated carbocycles. The van der Waals surface area contributed by atoms with Gasteiger partial charge in [0, 0.05) is 6.26 Å². The van der Waals surface area contributed by atoms with E-state index in [1.165, 1.54) is 0 Å². The molecule has 0 radical (unpaired) electrons. The first-order valence-electron chi connectivity index (χ1n) is 5.04. The van der Waals surface area contributed by atoms with Crippen LogP contribution in [0.5, 0.6) is 0 Å². The topological polar surface area (TPSA) is 106 Å². The van der Waals surface area contributed by atoms with Gasteiger partial charge in [0.1, 0.15) is 9.84 Å². The van der Waals surface area contributed by atoms with E-state index in [2.05, 4.69) is 4.72 Å². The Balaban J connectivity index is 4.57. The van der Waals surface area contributed by atoms with E-state index in [9.17, 15) is 16.8 Å². The molecule has 0 saturated heterocycles.